The fourth-order valence-corrected chi connectivity index (χ4v) is 10.1. The Labute approximate surface area is 349 Å². The first kappa shape index (κ1) is 34.3. The zero-order valence-electron chi connectivity index (χ0n) is 32.2. The molecule has 0 unspecified atom stereocenters. The Morgan fingerprint density at radius 1 is 0.300 bits per heavy atom. The van der Waals surface area contributed by atoms with Crippen LogP contribution in [0.3, 0.4) is 0 Å². The zero-order chi connectivity index (χ0) is 39.6. The molecule has 3 aromatic heterocycles. The molecule has 12 aromatic rings. The standard InChI is InChI=1S/C55H33N3OS/c1-3-15-34(16-4-1)39-20-9-10-23-47(39)55-57-53(37-29-30-43-42-22-11-12-28-49(42)59-50(43)33-37)56-54(58-55)38-31-36-19-7-8-21-40(36)48(32-38)46-27-14-26-45-44-25-13-24-41(51(44)60-52(45)46)35-17-5-2-6-18-35/h1-33H. The molecule has 5 heteroatoms. The second-order valence-corrected chi connectivity index (χ2v) is 16.1. The maximum Gasteiger partial charge on any atom is 0.164 e. The van der Waals surface area contributed by atoms with Crippen LogP contribution in [0.15, 0.2) is 205 Å². The number of para-hydroxylation sites is 1. The van der Waals surface area contributed by atoms with Crippen LogP contribution in [0.2, 0.25) is 0 Å². The van der Waals surface area contributed by atoms with Crippen molar-refractivity contribution in [2.75, 3.05) is 0 Å². The molecule has 280 valence electrons. The highest BCUT2D eigenvalue weighted by Gasteiger charge is 2.20. The van der Waals surface area contributed by atoms with Crippen LogP contribution in [-0.2, 0) is 0 Å². The topological polar surface area (TPSA) is 51.8 Å². The molecule has 0 aliphatic heterocycles. The number of aromatic nitrogens is 3. The first-order valence-electron chi connectivity index (χ1n) is 20.1. The van der Waals surface area contributed by atoms with Gasteiger partial charge in [-0.1, -0.05) is 170 Å². The van der Waals surface area contributed by atoms with Crippen LogP contribution in [0, 0.1) is 0 Å². The Hall–Kier alpha value is -7.73. The van der Waals surface area contributed by atoms with E-state index in [1.165, 1.54) is 42.2 Å². The van der Waals surface area contributed by atoms with Gasteiger partial charge in [-0.05, 0) is 68.9 Å². The summed E-state index contributed by atoms with van der Waals surface area (Å²) < 4.78 is 8.90. The Kier molecular flexibility index (Phi) is 8.00. The van der Waals surface area contributed by atoms with E-state index in [0.29, 0.717) is 17.5 Å². The van der Waals surface area contributed by atoms with Crippen molar-refractivity contribution in [1.82, 2.24) is 15.0 Å². The quantitative estimate of drug-likeness (QED) is 0.169. The van der Waals surface area contributed by atoms with E-state index in [4.69, 9.17) is 19.4 Å². The highest BCUT2D eigenvalue weighted by atomic mass is 32.1. The van der Waals surface area contributed by atoms with Crippen molar-refractivity contribution in [2.45, 2.75) is 0 Å². The zero-order valence-corrected chi connectivity index (χ0v) is 33.0. The van der Waals surface area contributed by atoms with Crippen LogP contribution in [-0.4, -0.2) is 15.0 Å². The van der Waals surface area contributed by atoms with Crippen LogP contribution in [0.4, 0.5) is 0 Å². The molecule has 9 aromatic carbocycles. The van der Waals surface area contributed by atoms with Crippen LogP contribution >= 0.6 is 11.3 Å². The summed E-state index contributed by atoms with van der Waals surface area (Å²) in [6.45, 7) is 0. The number of hydrogen-bond donors (Lipinski definition) is 0. The van der Waals surface area contributed by atoms with E-state index >= 15 is 0 Å². The Morgan fingerprint density at radius 3 is 1.63 bits per heavy atom. The Bertz CT molecular complexity index is 3610. The Balaban J connectivity index is 1.09. The van der Waals surface area contributed by atoms with E-state index in [1.807, 2.05) is 41.7 Å². The van der Waals surface area contributed by atoms with E-state index in [9.17, 15) is 0 Å². The molecule has 0 fully saturated rings. The Morgan fingerprint density at radius 2 is 0.850 bits per heavy atom. The minimum absolute atomic E-state index is 0.579. The lowest BCUT2D eigenvalue weighted by Crippen LogP contribution is -2.01. The summed E-state index contributed by atoms with van der Waals surface area (Å²) in [5.74, 6) is 1.79. The van der Waals surface area contributed by atoms with Gasteiger partial charge in [-0.25, -0.2) is 15.0 Å². The van der Waals surface area contributed by atoms with Crippen LogP contribution in [0.5, 0.6) is 0 Å². The fourth-order valence-electron chi connectivity index (χ4n) is 8.71. The van der Waals surface area contributed by atoms with Crippen molar-refractivity contribution in [1.29, 1.82) is 0 Å². The second-order valence-electron chi connectivity index (χ2n) is 15.1. The van der Waals surface area contributed by atoms with Gasteiger partial charge in [0.25, 0.3) is 0 Å². The minimum atomic E-state index is 0.579. The summed E-state index contributed by atoms with van der Waals surface area (Å²) in [5.41, 5.74) is 11.3. The second kappa shape index (κ2) is 14.0. The molecule has 0 aliphatic rings. The number of thiophene rings is 1. The SMILES string of the molecule is c1ccc(-c2ccccc2-c2nc(-c3cc(-c4cccc5c4sc4c(-c6ccccc6)cccc45)c4ccccc4c3)nc(-c3ccc4c(c3)oc3ccccc34)n2)cc1. The van der Waals surface area contributed by atoms with E-state index < -0.39 is 0 Å². The summed E-state index contributed by atoms with van der Waals surface area (Å²) >= 11 is 1.87. The molecule has 0 radical (unpaired) electrons. The van der Waals surface area contributed by atoms with Gasteiger partial charge in [-0.2, -0.15) is 0 Å². The number of nitrogens with zero attached hydrogens (tertiary/aromatic N) is 3. The lowest BCUT2D eigenvalue weighted by Gasteiger charge is -2.14. The van der Waals surface area contributed by atoms with E-state index in [-0.39, 0.29) is 0 Å². The summed E-state index contributed by atoms with van der Waals surface area (Å²) in [6, 6.07) is 70.4. The summed E-state index contributed by atoms with van der Waals surface area (Å²) in [4.78, 5) is 15.8. The maximum absolute atomic E-state index is 6.35. The average molecular weight is 784 g/mol. The van der Waals surface area contributed by atoms with Gasteiger partial charge in [0.05, 0.1) is 0 Å². The van der Waals surface area contributed by atoms with Gasteiger partial charge in [0, 0.05) is 53.2 Å². The van der Waals surface area contributed by atoms with Gasteiger partial charge >= 0.3 is 0 Å². The molecule has 0 atom stereocenters. The maximum atomic E-state index is 6.35. The minimum Gasteiger partial charge on any atom is -0.456 e. The lowest BCUT2D eigenvalue weighted by atomic mass is 9.94. The van der Waals surface area contributed by atoms with Gasteiger partial charge in [-0.15, -0.1) is 11.3 Å². The van der Waals surface area contributed by atoms with Crippen molar-refractivity contribution in [3.05, 3.63) is 200 Å². The van der Waals surface area contributed by atoms with Crippen molar-refractivity contribution < 1.29 is 4.42 Å². The molecule has 4 nitrogen and oxygen atoms in total. The molecule has 0 bridgehead atoms. The normalized spacial score (nSPS) is 11.7. The highest BCUT2D eigenvalue weighted by molar-refractivity contribution is 7.26. The van der Waals surface area contributed by atoms with E-state index in [1.54, 1.807) is 0 Å². The van der Waals surface area contributed by atoms with Gasteiger partial charge in [0.1, 0.15) is 11.2 Å². The molecular weight excluding hydrogens is 751 g/mol. The number of benzene rings is 9. The summed E-state index contributed by atoms with van der Waals surface area (Å²) in [5, 5.41) is 6.95. The first-order chi connectivity index (χ1) is 29.7. The predicted octanol–water partition coefficient (Wildman–Crippen LogP) is 15.3. The van der Waals surface area contributed by atoms with Crippen LogP contribution < -0.4 is 0 Å². The smallest absolute Gasteiger partial charge is 0.164 e. The molecule has 12 rings (SSSR count). The van der Waals surface area contributed by atoms with Gasteiger partial charge in [0.2, 0.25) is 0 Å². The number of rotatable bonds is 6. The largest absolute Gasteiger partial charge is 0.456 e. The van der Waals surface area contributed by atoms with Crippen molar-refractivity contribution >= 4 is 64.2 Å². The third-order valence-corrected chi connectivity index (χ3v) is 12.8. The van der Waals surface area contributed by atoms with E-state index in [0.717, 1.165) is 60.7 Å². The molecule has 60 heavy (non-hydrogen) atoms. The summed E-state index contributed by atoms with van der Waals surface area (Å²) in [6.07, 6.45) is 0. The average Bonchev–Trinajstić information content (AvgIpc) is 3.90. The monoisotopic (exact) mass is 783 g/mol. The van der Waals surface area contributed by atoms with Crippen molar-refractivity contribution in [3.63, 3.8) is 0 Å². The molecule has 0 N–H and O–H groups in total. The number of hydrogen-bond acceptors (Lipinski definition) is 5. The van der Waals surface area contributed by atoms with E-state index in [2.05, 4.69) is 170 Å². The predicted molar refractivity (Wildman–Crippen MR) is 250 cm³/mol. The fraction of sp³-hybridized carbons (Fsp3) is 0. The number of furan rings is 1. The highest BCUT2D eigenvalue weighted by Crippen LogP contribution is 2.46. The van der Waals surface area contributed by atoms with Gasteiger partial charge in [0.15, 0.2) is 17.5 Å². The first-order valence-corrected chi connectivity index (χ1v) is 20.9. The lowest BCUT2D eigenvalue weighted by molar-refractivity contribution is 0.669. The summed E-state index contributed by atoms with van der Waals surface area (Å²) in [7, 11) is 0. The molecule has 0 saturated heterocycles. The molecule has 0 aliphatic carbocycles. The molecule has 0 spiro atoms. The molecule has 0 saturated carbocycles. The molecule has 3 heterocycles. The van der Waals surface area contributed by atoms with Crippen LogP contribution in [0.1, 0.15) is 0 Å². The molecule has 0 amide bonds. The molecular formula is C55H33N3OS. The van der Waals surface area contributed by atoms with Crippen LogP contribution in [0.25, 0.3) is 120 Å². The third-order valence-electron chi connectivity index (χ3n) is 11.5. The number of fused-ring (bicyclic) bond motifs is 7. The third kappa shape index (κ3) is 5.70. The van der Waals surface area contributed by atoms with Crippen molar-refractivity contribution in [2.24, 2.45) is 0 Å². The van der Waals surface area contributed by atoms with Gasteiger partial charge < -0.3 is 4.42 Å². The van der Waals surface area contributed by atoms with Gasteiger partial charge in [-0.3, -0.25) is 0 Å². The van der Waals surface area contributed by atoms with Crippen molar-refractivity contribution in [3.8, 4) is 67.5 Å².